The molecule has 0 aliphatic rings. The van der Waals surface area contributed by atoms with Gasteiger partial charge in [0.25, 0.3) is 5.56 Å². The molecule has 0 bridgehead atoms. The Morgan fingerprint density at radius 3 is 2.77 bits per heavy atom. The van der Waals surface area contributed by atoms with Gasteiger partial charge in [-0.25, -0.2) is 9.78 Å². The highest BCUT2D eigenvalue weighted by molar-refractivity contribution is 7.98. The van der Waals surface area contributed by atoms with E-state index in [1.165, 1.54) is 0 Å². The number of thioether (sulfide) groups is 1. The Morgan fingerprint density at radius 1 is 1.38 bits per heavy atom. The van der Waals surface area contributed by atoms with E-state index in [1.807, 2.05) is 24.5 Å². The molecule has 0 fully saturated rings. The molecule has 1 heterocycles. The number of carboxylic acid groups (broad SMARTS) is 1. The molecule has 0 saturated heterocycles. The second-order valence-corrected chi connectivity index (χ2v) is 7.11. The van der Waals surface area contributed by atoms with Crippen molar-refractivity contribution in [3.8, 4) is 0 Å². The van der Waals surface area contributed by atoms with Gasteiger partial charge in [0.05, 0.1) is 11.0 Å². The van der Waals surface area contributed by atoms with Crippen LogP contribution in [0.25, 0.3) is 11.0 Å². The molecule has 8 heteroatoms. The first kappa shape index (κ1) is 20.0. The standard InChI is InChI=1S/C18H23N3O4S/c1-11-17(23)21(2)15-6-4-12(10-14(15)19-11)5-7-16(22)20-13(18(24)25)8-9-26-3/h4,6,10,13H,5,7-9H2,1-3H3,(H,20,22)(H,24,25)/t13-/m0/s1. The van der Waals surface area contributed by atoms with Crippen molar-refractivity contribution in [1.82, 2.24) is 14.9 Å². The molecule has 0 aliphatic heterocycles. The third-order valence-electron chi connectivity index (χ3n) is 4.19. The first-order chi connectivity index (χ1) is 12.3. The molecule has 26 heavy (non-hydrogen) atoms. The Hall–Kier alpha value is -2.35. The number of benzene rings is 1. The molecule has 2 aromatic rings. The number of nitrogens with one attached hydrogen (secondary N) is 1. The van der Waals surface area contributed by atoms with E-state index >= 15 is 0 Å². The van der Waals surface area contributed by atoms with Crippen molar-refractivity contribution in [2.24, 2.45) is 7.05 Å². The zero-order valence-corrected chi connectivity index (χ0v) is 15.9. The highest BCUT2D eigenvalue weighted by Gasteiger charge is 2.19. The van der Waals surface area contributed by atoms with Crippen molar-refractivity contribution in [2.75, 3.05) is 12.0 Å². The van der Waals surface area contributed by atoms with E-state index in [0.29, 0.717) is 29.8 Å². The van der Waals surface area contributed by atoms with Crippen molar-refractivity contribution in [3.63, 3.8) is 0 Å². The summed E-state index contributed by atoms with van der Waals surface area (Å²) in [4.78, 5) is 39.5. The van der Waals surface area contributed by atoms with E-state index in [0.717, 1.165) is 11.1 Å². The lowest BCUT2D eigenvalue weighted by Crippen LogP contribution is -2.41. The molecule has 0 spiro atoms. The molecular formula is C18H23N3O4S. The van der Waals surface area contributed by atoms with Gasteiger partial charge in [0.15, 0.2) is 0 Å². The number of aliphatic carboxylic acids is 1. The summed E-state index contributed by atoms with van der Waals surface area (Å²) >= 11 is 1.54. The molecule has 2 rings (SSSR count). The van der Waals surface area contributed by atoms with Crippen LogP contribution in [0, 0.1) is 6.92 Å². The van der Waals surface area contributed by atoms with Gasteiger partial charge in [-0.3, -0.25) is 9.59 Å². The topological polar surface area (TPSA) is 101 Å². The van der Waals surface area contributed by atoms with Crippen molar-refractivity contribution >= 4 is 34.7 Å². The summed E-state index contributed by atoms with van der Waals surface area (Å²) in [6, 6.07) is 4.67. The van der Waals surface area contributed by atoms with Gasteiger partial charge >= 0.3 is 5.97 Å². The summed E-state index contributed by atoms with van der Waals surface area (Å²) in [6.45, 7) is 1.67. The maximum Gasteiger partial charge on any atom is 0.326 e. The molecule has 1 aromatic carbocycles. The number of carbonyl (C=O) groups excluding carboxylic acids is 1. The molecule has 7 nitrogen and oxygen atoms in total. The fourth-order valence-electron chi connectivity index (χ4n) is 2.70. The summed E-state index contributed by atoms with van der Waals surface area (Å²) in [6.07, 6.45) is 2.96. The molecule has 0 radical (unpaired) electrons. The average molecular weight is 377 g/mol. The Morgan fingerprint density at radius 2 is 2.12 bits per heavy atom. The molecule has 0 aliphatic carbocycles. The molecule has 0 saturated carbocycles. The lowest BCUT2D eigenvalue weighted by atomic mass is 10.1. The second kappa shape index (κ2) is 8.84. The SMILES string of the molecule is CSCC[C@H](NC(=O)CCc1ccc2c(c1)nc(C)c(=O)n2C)C(=O)O. The number of aryl methyl sites for hydroxylation is 3. The molecule has 1 atom stereocenters. The van der Waals surface area contributed by atoms with Crippen molar-refractivity contribution in [3.05, 3.63) is 39.8 Å². The zero-order chi connectivity index (χ0) is 19.3. The van der Waals surface area contributed by atoms with Crippen LogP contribution in [0.3, 0.4) is 0 Å². The van der Waals surface area contributed by atoms with E-state index < -0.39 is 12.0 Å². The van der Waals surface area contributed by atoms with Crippen molar-refractivity contribution in [2.45, 2.75) is 32.2 Å². The zero-order valence-electron chi connectivity index (χ0n) is 15.1. The van der Waals surface area contributed by atoms with Crippen LogP contribution in [0.4, 0.5) is 0 Å². The van der Waals surface area contributed by atoms with Crippen LogP contribution in [-0.4, -0.2) is 44.6 Å². The number of amides is 1. The molecule has 1 aromatic heterocycles. The van der Waals surface area contributed by atoms with Crippen LogP contribution in [0.1, 0.15) is 24.1 Å². The number of carboxylic acids is 1. The normalized spacial score (nSPS) is 12.1. The van der Waals surface area contributed by atoms with Crippen LogP contribution in [0.2, 0.25) is 0 Å². The van der Waals surface area contributed by atoms with Gasteiger partial charge in [-0.1, -0.05) is 6.07 Å². The monoisotopic (exact) mass is 377 g/mol. The summed E-state index contributed by atoms with van der Waals surface area (Å²) in [5, 5.41) is 11.7. The Balaban J connectivity index is 2.04. The highest BCUT2D eigenvalue weighted by atomic mass is 32.2. The number of carbonyl (C=O) groups is 2. The molecule has 1 amide bonds. The number of hydrogen-bond donors (Lipinski definition) is 2. The van der Waals surface area contributed by atoms with E-state index in [2.05, 4.69) is 10.3 Å². The average Bonchev–Trinajstić information content (AvgIpc) is 2.61. The summed E-state index contributed by atoms with van der Waals surface area (Å²) < 4.78 is 1.55. The van der Waals surface area contributed by atoms with E-state index in [1.54, 1.807) is 30.3 Å². The molecular weight excluding hydrogens is 354 g/mol. The number of rotatable bonds is 8. The van der Waals surface area contributed by atoms with Crippen LogP contribution in [0.5, 0.6) is 0 Å². The van der Waals surface area contributed by atoms with Gasteiger partial charge in [-0.15, -0.1) is 0 Å². The summed E-state index contributed by atoms with van der Waals surface area (Å²) in [5.41, 5.74) is 2.64. The summed E-state index contributed by atoms with van der Waals surface area (Å²) in [5.74, 6) is -0.632. The van der Waals surface area contributed by atoms with E-state index in [9.17, 15) is 14.4 Å². The Bertz CT molecular complexity index is 879. The third-order valence-corrected chi connectivity index (χ3v) is 4.83. The fourth-order valence-corrected chi connectivity index (χ4v) is 3.17. The van der Waals surface area contributed by atoms with Crippen molar-refractivity contribution in [1.29, 1.82) is 0 Å². The lowest BCUT2D eigenvalue weighted by Gasteiger charge is -2.14. The van der Waals surface area contributed by atoms with Crippen LogP contribution < -0.4 is 10.9 Å². The molecule has 2 N–H and O–H groups in total. The fraction of sp³-hybridized carbons (Fsp3) is 0.444. The Labute approximate surface area is 155 Å². The smallest absolute Gasteiger partial charge is 0.326 e. The molecule has 140 valence electrons. The molecule has 0 unspecified atom stereocenters. The quantitative estimate of drug-likeness (QED) is 0.723. The third kappa shape index (κ3) is 4.85. The predicted octanol–water partition coefficient (Wildman–Crippen LogP) is 1.50. The van der Waals surface area contributed by atoms with E-state index in [-0.39, 0.29) is 17.9 Å². The van der Waals surface area contributed by atoms with E-state index in [4.69, 9.17) is 5.11 Å². The van der Waals surface area contributed by atoms with Crippen LogP contribution in [-0.2, 0) is 23.1 Å². The minimum Gasteiger partial charge on any atom is -0.480 e. The van der Waals surface area contributed by atoms with Gasteiger partial charge in [0.1, 0.15) is 11.7 Å². The van der Waals surface area contributed by atoms with Gasteiger partial charge in [0, 0.05) is 13.5 Å². The Kier molecular flexibility index (Phi) is 6.79. The number of hydrogen-bond acceptors (Lipinski definition) is 5. The first-order valence-corrected chi connectivity index (χ1v) is 9.70. The van der Waals surface area contributed by atoms with Crippen molar-refractivity contribution < 1.29 is 14.7 Å². The number of aromatic nitrogens is 2. The van der Waals surface area contributed by atoms with Crippen LogP contribution >= 0.6 is 11.8 Å². The summed E-state index contributed by atoms with van der Waals surface area (Å²) in [7, 11) is 1.70. The van der Waals surface area contributed by atoms with Gasteiger partial charge in [0.2, 0.25) is 5.91 Å². The largest absolute Gasteiger partial charge is 0.480 e. The second-order valence-electron chi connectivity index (χ2n) is 6.12. The lowest BCUT2D eigenvalue weighted by molar-refractivity contribution is -0.141. The highest BCUT2D eigenvalue weighted by Crippen LogP contribution is 2.14. The maximum absolute atomic E-state index is 12.1. The maximum atomic E-state index is 12.1. The first-order valence-electron chi connectivity index (χ1n) is 8.31. The van der Waals surface area contributed by atoms with Gasteiger partial charge in [-0.2, -0.15) is 11.8 Å². The predicted molar refractivity (Wildman–Crippen MR) is 103 cm³/mol. The van der Waals surface area contributed by atoms with Gasteiger partial charge < -0.3 is 15.0 Å². The van der Waals surface area contributed by atoms with Crippen LogP contribution in [0.15, 0.2) is 23.0 Å². The minimum absolute atomic E-state index is 0.130. The number of nitrogens with zero attached hydrogens (tertiary/aromatic N) is 2. The minimum atomic E-state index is -1.02. The number of fused-ring (bicyclic) bond motifs is 1. The van der Waals surface area contributed by atoms with Gasteiger partial charge in [-0.05, 0) is 49.5 Å².